The fourth-order valence-electron chi connectivity index (χ4n) is 2.85. The third-order valence-electron chi connectivity index (χ3n) is 4.36. The molecule has 0 saturated heterocycles. The number of benzene rings is 1. The highest BCUT2D eigenvalue weighted by Crippen LogP contribution is 2.37. The molecule has 0 bridgehead atoms. The Morgan fingerprint density at radius 2 is 1.96 bits per heavy atom. The molecule has 0 aliphatic rings. The van der Waals surface area contributed by atoms with Crippen molar-refractivity contribution in [3.8, 4) is 16.9 Å². The summed E-state index contributed by atoms with van der Waals surface area (Å²) in [5, 5.41) is 11.5. The van der Waals surface area contributed by atoms with Crippen LogP contribution in [-0.2, 0) is 10.3 Å². The van der Waals surface area contributed by atoms with E-state index in [4.69, 9.17) is 4.74 Å². The van der Waals surface area contributed by atoms with Crippen molar-refractivity contribution in [2.24, 2.45) is 0 Å². The van der Waals surface area contributed by atoms with Gasteiger partial charge in [-0.3, -0.25) is 9.78 Å². The number of methoxy groups -OCH3 is 1. The molecule has 2 aromatic heterocycles. The first-order valence-electron chi connectivity index (χ1n) is 7.84. The molecule has 3 aromatic rings. The molecule has 26 heavy (non-hydrogen) atoms. The molecule has 0 fully saturated rings. The zero-order valence-electron chi connectivity index (χ0n) is 14.7. The number of carbonyl (C=O) groups is 1. The predicted molar refractivity (Wildman–Crippen MR) is 100 cm³/mol. The van der Waals surface area contributed by atoms with Crippen molar-refractivity contribution in [3.63, 3.8) is 0 Å². The monoisotopic (exact) mass is 374 g/mol. The Labute approximate surface area is 152 Å². The molecule has 2 heterocycles. The van der Waals surface area contributed by atoms with E-state index in [0.717, 1.165) is 10.1 Å². The molecular weight excluding hydrogens is 356 g/mol. The molecule has 0 spiro atoms. The van der Waals surface area contributed by atoms with E-state index >= 15 is 0 Å². The molecule has 0 aliphatic carbocycles. The number of nitrogens with one attached hydrogen (secondary N) is 1. The van der Waals surface area contributed by atoms with Gasteiger partial charge in [0.2, 0.25) is 0 Å². The topological polar surface area (TPSA) is 101 Å². The Balaban J connectivity index is 2.43. The average molecular weight is 374 g/mol. The largest absolute Gasteiger partial charge is 0.496 e. The van der Waals surface area contributed by atoms with Crippen molar-refractivity contribution in [1.82, 2.24) is 9.55 Å². The van der Waals surface area contributed by atoms with Crippen LogP contribution in [-0.4, -0.2) is 27.7 Å². The van der Waals surface area contributed by atoms with E-state index in [2.05, 4.69) is 4.98 Å². The maximum atomic E-state index is 13.1. The van der Waals surface area contributed by atoms with E-state index in [0.29, 0.717) is 21.7 Å². The number of ether oxygens (including phenoxy) is 1. The molecule has 0 amide bonds. The minimum Gasteiger partial charge on any atom is -0.496 e. The highest BCUT2D eigenvalue weighted by molar-refractivity contribution is 7.17. The number of hydrogen-bond acceptors (Lipinski definition) is 5. The summed E-state index contributed by atoms with van der Waals surface area (Å²) in [6, 6.07) is 5.59. The third kappa shape index (κ3) is 2.62. The standard InChI is InChI=1S/C18H18N2O5S/c1-9-5-6-12(25-4)10(7-9)11-8-26-14-13(11)15(21)20(17(24)19-14)18(2,3)16(22)23/h5-8H,1-4H3,(H,19,24)(H,22,23). The van der Waals surface area contributed by atoms with Crippen LogP contribution in [0.1, 0.15) is 19.4 Å². The van der Waals surface area contributed by atoms with E-state index in [1.54, 1.807) is 11.4 Å². The molecule has 0 saturated carbocycles. The van der Waals surface area contributed by atoms with Crippen LogP contribution in [0, 0.1) is 6.92 Å². The summed E-state index contributed by atoms with van der Waals surface area (Å²) >= 11 is 1.22. The van der Waals surface area contributed by atoms with Crippen LogP contribution in [0.25, 0.3) is 21.3 Å². The molecule has 136 valence electrons. The van der Waals surface area contributed by atoms with Crippen LogP contribution in [0.3, 0.4) is 0 Å². The zero-order chi connectivity index (χ0) is 19.2. The van der Waals surface area contributed by atoms with Gasteiger partial charge in [-0.2, -0.15) is 0 Å². The molecule has 2 N–H and O–H groups in total. The number of carboxylic acid groups (broad SMARTS) is 1. The van der Waals surface area contributed by atoms with E-state index < -0.39 is 22.8 Å². The van der Waals surface area contributed by atoms with Gasteiger partial charge in [-0.15, -0.1) is 11.3 Å². The van der Waals surface area contributed by atoms with Gasteiger partial charge in [-0.25, -0.2) is 14.2 Å². The van der Waals surface area contributed by atoms with Gasteiger partial charge >= 0.3 is 11.7 Å². The lowest BCUT2D eigenvalue weighted by molar-refractivity contribution is -0.146. The smallest absolute Gasteiger partial charge is 0.330 e. The van der Waals surface area contributed by atoms with Gasteiger partial charge in [0.05, 0.1) is 12.5 Å². The molecule has 0 atom stereocenters. The molecule has 0 radical (unpaired) electrons. The first kappa shape index (κ1) is 17.9. The van der Waals surface area contributed by atoms with Crippen LogP contribution in [0.15, 0.2) is 33.2 Å². The fraction of sp³-hybridized carbons (Fsp3) is 0.278. The first-order chi connectivity index (χ1) is 12.2. The maximum absolute atomic E-state index is 13.1. The molecular formula is C18H18N2O5S. The van der Waals surface area contributed by atoms with Gasteiger partial charge in [-0.05, 0) is 32.9 Å². The van der Waals surface area contributed by atoms with E-state index in [-0.39, 0.29) is 5.39 Å². The van der Waals surface area contributed by atoms with E-state index in [9.17, 15) is 19.5 Å². The molecule has 1 aromatic carbocycles. The van der Waals surface area contributed by atoms with Crippen molar-refractivity contribution in [2.45, 2.75) is 26.3 Å². The number of fused-ring (bicyclic) bond motifs is 1. The Bertz CT molecular complexity index is 1140. The Morgan fingerprint density at radius 1 is 1.27 bits per heavy atom. The van der Waals surface area contributed by atoms with Gasteiger partial charge in [0, 0.05) is 16.5 Å². The van der Waals surface area contributed by atoms with Crippen molar-refractivity contribution < 1.29 is 14.6 Å². The summed E-state index contributed by atoms with van der Waals surface area (Å²) in [4.78, 5) is 40.0. The molecule has 0 unspecified atom stereocenters. The summed E-state index contributed by atoms with van der Waals surface area (Å²) in [5.41, 5.74) is -0.787. The van der Waals surface area contributed by atoms with Crippen LogP contribution in [0.2, 0.25) is 0 Å². The number of aryl methyl sites for hydroxylation is 1. The van der Waals surface area contributed by atoms with E-state index in [1.807, 2.05) is 19.1 Å². The first-order valence-corrected chi connectivity index (χ1v) is 8.72. The normalized spacial score (nSPS) is 11.7. The third-order valence-corrected chi connectivity index (χ3v) is 5.25. The number of H-pyrrole nitrogens is 1. The van der Waals surface area contributed by atoms with Crippen molar-refractivity contribution in [3.05, 3.63) is 50.0 Å². The minimum absolute atomic E-state index is 0.271. The molecule has 0 aliphatic heterocycles. The van der Waals surface area contributed by atoms with Gasteiger partial charge in [0.15, 0.2) is 0 Å². The summed E-state index contributed by atoms with van der Waals surface area (Å²) < 4.78 is 6.15. The number of thiophene rings is 1. The quantitative estimate of drug-likeness (QED) is 0.731. The Hall–Kier alpha value is -2.87. The van der Waals surface area contributed by atoms with Crippen molar-refractivity contribution >= 4 is 27.5 Å². The molecule has 8 heteroatoms. The summed E-state index contributed by atoms with van der Waals surface area (Å²) in [6.45, 7) is 4.55. The minimum atomic E-state index is -1.69. The highest BCUT2D eigenvalue weighted by Gasteiger charge is 2.34. The van der Waals surface area contributed by atoms with Crippen LogP contribution < -0.4 is 16.0 Å². The summed E-state index contributed by atoms with van der Waals surface area (Å²) in [7, 11) is 1.54. The van der Waals surface area contributed by atoms with Gasteiger partial charge < -0.3 is 9.84 Å². The van der Waals surface area contributed by atoms with Gasteiger partial charge in [0.1, 0.15) is 16.1 Å². The number of aromatic amines is 1. The SMILES string of the molecule is COc1ccc(C)cc1-c1csc2[nH]c(=O)n(C(C)(C)C(=O)O)c(=O)c12. The van der Waals surface area contributed by atoms with Crippen LogP contribution in [0.4, 0.5) is 0 Å². The van der Waals surface area contributed by atoms with E-state index in [1.165, 1.54) is 32.3 Å². The van der Waals surface area contributed by atoms with Crippen LogP contribution >= 0.6 is 11.3 Å². The number of hydrogen-bond donors (Lipinski definition) is 2. The lowest BCUT2D eigenvalue weighted by atomic mass is 10.0. The molecule has 7 nitrogen and oxygen atoms in total. The van der Waals surface area contributed by atoms with Crippen LogP contribution in [0.5, 0.6) is 5.75 Å². The summed E-state index contributed by atoms with van der Waals surface area (Å²) in [5.74, 6) is -0.681. The number of carboxylic acids is 1. The lowest BCUT2D eigenvalue weighted by Gasteiger charge is -2.21. The average Bonchev–Trinajstić information content (AvgIpc) is 2.98. The fourth-order valence-corrected chi connectivity index (χ4v) is 3.80. The second-order valence-electron chi connectivity index (χ2n) is 6.49. The predicted octanol–water partition coefficient (Wildman–Crippen LogP) is 2.56. The lowest BCUT2D eigenvalue weighted by Crippen LogP contribution is -2.50. The van der Waals surface area contributed by atoms with Crippen molar-refractivity contribution in [1.29, 1.82) is 0 Å². The molecule has 3 rings (SSSR count). The summed E-state index contributed by atoms with van der Waals surface area (Å²) in [6.07, 6.45) is 0. The number of rotatable bonds is 4. The Kier molecular flexibility index (Phi) is 4.23. The second kappa shape index (κ2) is 6.14. The number of nitrogens with zero attached hydrogens (tertiary/aromatic N) is 1. The van der Waals surface area contributed by atoms with Gasteiger partial charge in [-0.1, -0.05) is 11.6 Å². The van der Waals surface area contributed by atoms with Gasteiger partial charge in [0.25, 0.3) is 5.56 Å². The number of aromatic nitrogens is 2. The highest BCUT2D eigenvalue weighted by atomic mass is 32.1. The number of aliphatic carboxylic acids is 1. The second-order valence-corrected chi connectivity index (χ2v) is 7.37. The maximum Gasteiger partial charge on any atom is 0.330 e. The van der Waals surface area contributed by atoms with Crippen molar-refractivity contribution in [2.75, 3.05) is 7.11 Å². The zero-order valence-corrected chi connectivity index (χ0v) is 15.6. The Morgan fingerprint density at radius 3 is 2.58 bits per heavy atom.